The van der Waals surface area contributed by atoms with Crippen LogP contribution in [-0.4, -0.2) is 26.7 Å². The molecule has 0 amide bonds. The Hall–Kier alpha value is -2.53. The molecule has 0 saturated carbocycles. The summed E-state index contributed by atoms with van der Waals surface area (Å²) in [6.07, 6.45) is 1.78. The third kappa shape index (κ3) is 1.94. The molecule has 1 N–H and O–H groups in total. The van der Waals surface area contributed by atoms with E-state index in [1.54, 1.807) is 23.9 Å². The number of fused-ring (bicyclic) bond motifs is 2. The van der Waals surface area contributed by atoms with Crippen LogP contribution in [0.5, 0.6) is 5.75 Å². The summed E-state index contributed by atoms with van der Waals surface area (Å²) in [4.78, 5) is 7.70. The second kappa shape index (κ2) is 4.49. The number of ether oxygens (including phenoxy) is 1. The van der Waals surface area contributed by atoms with Crippen LogP contribution in [0.1, 0.15) is 0 Å². The molecule has 4 rings (SSSR count). The molecule has 5 nitrogen and oxygen atoms in total. The van der Waals surface area contributed by atoms with Crippen molar-refractivity contribution in [1.29, 1.82) is 0 Å². The Bertz CT molecular complexity index is 957. The van der Waals surface area contributed by atoms with Crippen LogP contribution in [0.4, 0.5) is 0 Å². The van der Waals surface area contributed by atoms with Crippen LogP contribution >= 0.6 is 11.6 Å². The van der Waals surface area contributed by atoms with E-state index in [0.29, 0.717) is 5.15 Å². The lowest BCUT2D eigenvalue weighted by atomic mass is 10.2. The molecule has 4 aromatic rings. The molecule has 0 unspecified atom stereocenters. The molecule has 3 aromatic heterocycles. The lowest BCUT2D eigenvalue weighted by Crippen LogP contribution is -1.94. The maximum absolute atomic E-state index is 5.97. The summed E-state index contributed by atoms with van der Waals surface area (Å²) >= 11 is 5.97. The molecule has 21 heavy (non-hydrogen) atoms. The average molecular weight is 299 g/mol. The van der Waals surface area contributed by atoms with Crippen LogP contribution in [0, 0.1) is 0 Å². The van der Waals surface area contributed by atoms with Gasteiger partial charge in [0, 0.05) is 10.9 Å². The fourth-order valence-corrected chi connectivity index (χ4v) is 2.55. The zero-order chi connectivity index (χ0) is 14.4. The summed E-state index contributed by atoms with van der Waals surface area (Å²) in [5.74, 6) is 0.826. The molecule has 0 spiro atoms. The van der Waals surface area contributed by atoms with Crippen LogP contribution in [0.3, 0.4) is 0 Å². The van der Waals surface area contributed by atoms with Crippen molar-refractivity contribution in [3.63, 3.8) is 0 Å². The summed E-state index contributed by atoms with van der Waals surface area (Å²) in [6, 6.07) is 11.5. The summed E-state index contributed by atoms with van der Waals surface area (Å²) in [6.45, 7) is 0. The van der Waals surface area contributed by atoms with E-state index < -0.39 is 0 Å². The minimum absolute atomic E-state index is 0.430. The van der Waals surface area contributed by atoms with Gasteiger partial charge in [-0.05, 0) is 36.4 Å². The van der Waals surface area contributed by atoms with Gasteiger partial charge in [0.25, 0.3) is 0 Å². The van der Waals surface area contributed by atoms with Crippen LogP contribution in [0.25, 0.3) is 27.9 Å². The van der Waals surface area contributed by atoms with Crippen molar-refractivity contribution in [2.75, 3.05) is 7.11 Å². The van der Waals surface area contributed by atoms with Crippen molar-refractivity contribution in [2.45, 2.75) is 0 Å². The quantitative estimate of drug-likeness (QED) is 0.616. The van der Waals surface area contributed by atoms with Gasteiger partial charge in [0.1, 0.15) is 16.6 Å². The second-order valence-corrected chi connectivity index (χ2v) is 5.09. The molecule has 0 bridgehead atoms. The number of imidazole rings is 1. The first-order valence-electron chi connectivity index (χ1n) is 6.42. The van der Waals surface area contributed by atoms with Gasteiger partial charge in [0.15, 0.2) is 5.65 Å². The number of nitrogens with one attached hydrogen (secondary N) is 1. The van der Waals surface area contributed by atoms with Crippen molar-refractivity contribution in [1.82, 2.24) is 19.6 Å². The zero-order valence-corrected chi connectivity index (χ0v) is 11.9. The first-order valence-corrected chi connectivity index (χ1v) is 6.80. The summed E-state index contributed by atoms with van der Waals surface area (Å²) < 4.78 is 6.97. The number of hydrogen-bond donors (Lipinski definition) is 1. The van der Waals surface area contributed by atoms with Gasteiger partial charge in [-0.2, -0.15) is 5.10 Å². The summed E-state index contributed by atoms with van der Waals surface area (Å²) in [7, 11) is 1.66. The molecule has 0 aliphatic heterocycles. The van der Waals surface area contributed by atoms with Gasteiger partial charge in [-0.15, -0.1) is 0 Å². The normalized spacial score (nSPS) is 11.3. The van der Waals surface area contributed by atoms with E-state index in [4.69, 9.17) is 16.3 Å². The highest BCUT2D eigenvalue weighted by Gasteiger charge is 2.10. The van der Waals surface area contributed by atoms with Crippen LogP contribution in [0.15, 0.2) is 42.6 Å². The number of aromatic amines is 1. The van der Waals surface area contributed by atoms with Crippen molar-refractivity contribution < 1.29 is 4.74 Å². The van der Waals surface area contributed by atoms with Crippen molar-refractivity contribution in [3.8, 4) is 17.1 Å². The lowest BCUT2D eigenvalue weighted by molar-refractivity contribution is 0.415. The molecule has 0 saturated heterocycles. The Balaban J connectivity index is 1.93. The molecule has 104 valence electrons. The lowest BCUT2D eigenvalue weighted by Gasteiger charge is -1.98. The van der Waals surface area contributed by atoms with Crippen LogP contribution in [0.2, 0.25) is 5.15 Å². The Kier molecular flexibility index (Phi) is 2.62. The molecule has 6 heteroatoms. The SMILES string of the molecule is COc1ccc2[nH]c(-c3cnc4ccc(Cl)nn34)cc2c1. The number of halogens is 1. The molecule has 0 atom stereocenters. The highest BCUT2D eigenvalue weighted by molar-refractivity contribution is 6.29. The molecular weight excluding hydrogens is 288 g/mol. The number of rotatable bonds is 2. The van der Waals surface area contributed by atoms with Gasteiger partial charge >= 0.3 is 0 Å². The topological polar surface area (TPSA) is 55.2 Å². The highest BCUT2D eigenvalue weighted by Crippen LogP contribution is 2.27. The van der Waals surface area contributed by atoms with E-state index in [0.717, 1.165) is 33.7 Å². The first kappa shape index (κ1) is 12.2. The van der Waals surface area contributed by atoms with E-state index >= 15 is 0 Å². The maximum atomic E-state index is 5.97. The van der Waals surface area contributed by atoms with E-state index in [1.165, 1.54) is 0 Å². The predicted molar refractivity (Wildman–Crippen MR) is 81.8 cm³/mol. The predicted octanol–water partition coefficient (Wildman–Crippen LogP) is 3.54. The summed E-state index contributed by atoms with van der Waals surface area (Å²) in [5, 5.41) is 5.79. The zero-order valence-electron chi connectivity index (χ0n) is 11.2. The first-order chi connectivity index (χ1) is 10.2. The molecule has 0 radical (unpaired) electrons. The van der Waals surface area contributed by atoms with Crippen molar-refractivity contribution in [3.05, 3.63) is 47.7 Å². The Labute approximate surface area is 125 Å². The minimum atomic E-state index is 0.430. The Morgan fingerprint density at radius 1 is 1.19 bits per heavy atom. The van der Waals surface area contributed by atoms with Gasteiger partial charge in [0.2, 0.25) is 0 Å². The van der Waals surface area contributed by atoms with Gasteiger partial charge in [-0.1, -0.05) is 11.6 Å². The number of nitrogens with zero attached hydrogens (tertiary/aromatic N) is 3. The van der Waals surface area contributed by atoms with Gasteiger partial charge < -0.3 is 9.72 Å². The second-order valence-electron chi connectivity index (χ2n) is 4.71. The van der Waals surface area contributed by atoms with Crippen LogP contribution < -0.4 is 4.74 Å². The van der Waals surface area contributed by atoms with Gasteiger partial charge in [0.05, 0.1) is 19.0 Å². The largest absolute Gasteiger partial charge is 0.497 e. The van der Waals surface area contributed by atoms with E-state index in [2.05, 4.69) is 15.1 Å². The monoisotopic (exact) mass is 298 g/mol. The smallest absolute Gasteiger partial charge is 0.154 e. The van der Waals surface area contributed by atoms with Gasteiger partial charge in [-0.3, -0.25) is 0 Å². The van der Waals surface area contributed by atoms with Crippen LogP contribution in [-0.2, 0) is 0 Å². The van der Waals surface area contributed by atoms with Gasteiger partial charge in [-0.25, -0.2) is 9.50 Å². The summed E-state index contributed by atoms with van der Waals surface area (Å²) in [5.41, 5.74) is 3.58. The fraction of sp³-hybridized carbons (Fsp3) is 0.0667. The molecule has 3 heterocycles. The molecular formula is C15H11ClN4O. The fourth-order valence-electron chi connectivity index (χ4n) is 2.41. The highest BCUT2D eigenvalue weighted by atomic mass is 35.5. The molecule has 0 aliphatic rings. The molecule has 0 aliphatic carbocycles. The maximum Gasteiger partial charge on any atom is 0.154 e. The van der Waals surface area contributed by atoms with E-state index in [1.807, 2.05) is 30.3 Å². The standard InChI is InChI=1S/C15H11ClN4O/c1-21-10-2-3-11-9(6-10)7-12(18-11)13-8-17-15-5-4-14(16)19-20(13)15/h2-8,18H,1H3. The third-order valence-corrected chi connectivity index (χ3v) is 3.64. The van der Waals surface area contributed by atoms with Crippen molar-refractivity contribution >= 4 is 28.2 Å². The Morgan fingerprint density at radius 3 is 2.95 bits per heavy atom. The number of methoxy groups -OCH3 is 1. The van der Waals surface area contributed by atoms with Crippen molar-refractivity contribution in [2.24, 2.45) is 0 Å². The number of H-pyrrole nitrogens is 1. The third-order valence-electron chi connectivity index (χ3n) is 3.43. The average Bonchev–Trinajstić information content (AvgIpc) is 3.08. The number of benzene rings is 1. The number of aromatic nitrogens is 4. The number of hydrogen-bond acceptors (Lipinski definition) is 3. The Morgan fingerprint density at radius 2 is 2.10 bits per heavy atom. The molecule has 1 aromatic carbocycles. The van der Waals surface area contributed by atoms with E-state index in [-0.39, 0.29) is 0 Å². The minimum Gasteiger partial charge on any atom is -0.497 e. The molecule has 0 fully saturated rings. The van der Waals surface area contributed by atoms with E-state index in [9.17, 15) is 0 Å².